The minimum atomic E-state index is -1.33. The topological polar surface area (TPSA) is 74.5 Å². The maximum Gasteiger partial charge on any atom is 0.263 e. The summed E-state index contributed by atoms with van der Waals surface area (Å²) < 4.78 is 1.62. The highest BCUT2D eigenvalue weighted by molar-refractivity contribution is 6.19. The van der Waals surface area contributed by atoms with E-state index in [1.54, 1.807) is 22.6 Å². The monoisotopic (exact) mass is 313 g/mol. The molecule has 0 spiro atoms. The highest BCUT2D eigenvalue weighted by Gasteiger charge is 2.18. The summed E-state index contributed by atoms with van der Waals surface area (Å²) in [5.74, 6) is -1.33. The first-order valence-electron chi connectivity index (χ1n) is 7.46. The van der Waals surface area contributed by atoms with E-state index < -0.39 is 5.97 Å². The molecule has 3 aromatic heterocycles. The van der Waals surface area contributed by atoms with E-state index in [4.69, 9.17) is 0 Å². The fourth-order valence-electron chi connectivity index (χ4n) is 3.49. The summed E-state index contributed by atoms with van der Waals surface area (Å²) in [6, 6.07) is 16.0. The van der Waals surface area contributed by atoms with E-state index in [1.807, 2.05) is 30.3 Å². The molecule has 0 bridgehead atoms. The van der Waals surface area contributed by atoms with Gasteiger partial charge in [0.1, 0.15) is 0 Å². The Hall–Kier alpha value is -3.47. The van der Waals surface area contributed by atoms with Gasteiger partial charge in [-0.3, -0.25) is 9.20 Å². The number of carboxylic acids is 1. The van der Waals surface area contributed by atoms with Crippen LogP contribution >= 0.6 is 0 Å². The number of hydrogen-bond acceptors (Lipinski definition) is 4. The highest BCUT2D eigenvalue weighted by Crippen LogP contribution is 2.33. The van der Waals surface area contributed by atoms with Crippen LogP contribution in [-0.2, 0) is 0 Å². The van der Waals surface area contributed by atoms with Crippen LogP contribution in [0.3, 0.4) is 0 Å². The van der Waals surface area contributed by atoms with Crippen molar-refractivity contribution in [2.75, 3.05) is 0 Å². The predicted molar refractivity (Wildman–Crippen MR) is 89.5 cm³/mol. The molecule has 3 heterocycles. The number of carbonyl (C=O) groups is 1. The number of hydrogen-bond donors (Lipinski definition) is 0. The molecule has 5 aromatic rings. The average Bonchev–Trinajstić information content (AvgIpc) is 2.94. The zero-order valence-corrected chi connectivity index (χ0v) is 12.3. The van der Waals surface area contributed by atoms with E-state index in [0.717, 1.165) is 10.9 Å². The van der Waals surface area contributed by atoms with Crippen molar-refractivity contribution in [1.29, 1.82) is 0 Å². The van der Waals surface area contributed by atoms with Crippen LogP contribution in [0.4, 0.5) is 0 Å². The highest BCUT2D eigenvalue weighted by atomic mass is 16.4. The summed E-state index contributed by atoms with van der Waals surface area (Å²) in [4.78, 5) is 28.7. The van der Waals surface area contributed by atoms with Crippen molar-refractivity contribution in [3.63, 3.8) is 0 Å². The molecule has 0 amide bonds. The molecule has 0 N–H and O–H groups in total. The van der Waals surface area contributed by atoms with Crippen molar-refractivity contribution in [3.8, 4) is 0 Å². The van der Waals surface area contributed by atoms with Gasteiger partial charge in [-0.2, -0.15) is 0 Å². The Bertz CT molecular complexity index is 1350. The van der Waals surface area contributed by atoms with Crippen molar-refractivity contribution >= 4 is 44.1 Å². The van der Waals surface area contributed by atoms with Crippen LogP contribution in [-0.4, -0.2) is 15.4 Å². The molecule has 0 atom stereocenters. The molecular weight excluding hydrogens is 304 g/mol. The predicted octanol–water partition coefficient (Wildman–Crippen LogP) is 1.96. The Balaban J connectivity index is 2.26. The van der Waals surface area contributed by atoms with Gasteiger partial charge >= 0.3 is 0 Å². The molecule has 5 heteroatoms. The van der Waals surface area contributed by atoms with Gasteiger partial charge in [0.2, 0.25) is 0 Å². The molecule has 114 valence electrons. The lowest BCUT2D eigenvalue weighted by Gasteiger charge is -2.08. The molecule has 0 aliphatic rings. The summed E-state index contributed by atoms with van der Waals surface area (Å²) in [6.45, 7) is 0. The van der Waals surface area contributed by atoms with E-state index in [1.165, 1.54) is 6.07 Å². The minimum Gasteiger partial charge on any atom is -0.543 e. The third kappa shape index (κ3) is 1.46. The summed E-state index contributed by atoms with van der Waals surface area (Å²) in [7, 11) is 0. The molecule has 2 aromatic carbocycles. The largest absolute Gasteiger partial charge is 0.543 e. The third-order valence-electron chi connectivity index (χ3n) is 4.48. The number of para-hydroxylation sites is 1. The van der Waals surface area contributed by atoms with E-state index in [-0.39, 0.29) is 11.3 Å². The smallest absolute Gasteiger partial charge is 0.263 e. The molecular formula is C19H9N2O3-. The first-order chi connectivity index (χ1) is 11.7. The number of carbonyl (C=O) groups excluding carboxylic acids is 1. The molecule has 0 saturated carbocycles. The molecule has 5 nitrogen and oxygen atoms in total. The van der Waals surface area contributed by atoms with Crippen LogP contribution in [0.2, 0.25) is 0 Å². The molecule has 24 heavy (non-hydrogen) atoms. The average molecular weight is 313 g/mol. The van der Waals surface area contributed by atoms with Gasteiger partial charge in [-0.1, -0.05) is 36.4 Å². The summed E-state index contributed by atoms with van der Waals surface area (Å²) >= 11 is 0. The Morgan fingerprint density at radius 3 is 2.33 bits per heavy atom. The standard InChI is InChI=1S/C19H10N2O3/c22-18-12-7-2-1-6-11(12)16-17-13(9-14(20-16)19(23)24)10-5-3-4-8-15(10)21(17)18/h1-9H,(H,23,24)/p-1. The second-order valence-corrected chi connectivity index (χ2v) is 5.74. The normalized spacial score (nSPS) is 11.8. The Morgan fingerprint density at radius 2 is 1.58 bits per heavy atom. The summed E-state index contributed by atoms with van der Waals surface area (Å²) in [6.07, 6.45) is 0. The van der Waals surface area contributed by atoms with Crippen LogP contribution in [0.1, 0.15) is 10.5 Å². The van der Waals surface area contributed by atoms with Crippen LogP contribution in [0, 0.1) is 0 Å². The maximum atomic E-state index is 13.0. The molecule has 0 fully saturated rings. The Labute approximate surface area is 134 Å². The second kappa shape index (κ2) is 4.29. The zero-order valence-electron chi connectivity index (χ0n) is 12.3. The second-order valence-electron chi connectivity index (χ2n) is 5.74. The molecule has 0 aliphatic heterocycles. The van der Waals surface area contributed by atoms with Crippen molar-refractivity contribution in [3.05, 3.63) is 70.6 Å². The van der Waals surface area contributed by atoms with E-state index in [2.05, 4.69) is 4.98 Å². The maximum absolute atomic E-state index is 13.0. The van der Waals surface area contributed by atoms with Crippen LogP contribution in [0.5, 0.6) is 0 Å². The van der Waals surface area contributed by atoms with E-state index in [0.29, 0.717) is 27.2 Å². The van der Waals surface area contributed by atoms with Crippen LogP contribution in [0.15, 0.2) is 59.4 Å². The lowest BCUT2D eigenvalue weighted by atomic mass is 10.1. The van der Waals surface area contributed by atoms with Crippen molar-refractivity contribution in [2.45, 2.75) is 0 Å². The summed E-state index contributed by atoms with van der Waals surface area (Å²) in [5.41, 5.74) is 1.62. The third-order valence-corrected chi connectivity index (χ3v) is 4.48. The fourth-order valence-corrected chi connectivity index (χ4v) is 3.49. The quantitative estimate of drug-likeness (QED) is 0.443. The van der Waals surface area contributed by atoms with E-state index >= 15 is 0 Å². The first-order valence-corrected chi connectivity index (χ1v) is 7.46. The molecule has 0 radical (unpaired) electrons. The van der Waals surface area contributed by atoms with Gasteiger partial charge in [0.15, 0.2) is 0 Å². The number of fused-ring (bicyclic) bond motifs is 5. The number of pyridine rings is 2. The first kappa shape index (κ1) is 13.0. The Kier molecular flexibility index (Phi) is 2.33. The lowest BCUT2D eigenvalue weighted by molar-refractivity contribution is -0.255. The lowest BCUT2D eigenvalue weighted by Crippen LogP contribution is -2.23. The molecule has 0 saturated heterocycles. The van der Waals surface area contributed by atoms with Gasteiger partial charge in [-0.25, -0.2) is 4.98 Å². The van der Waals surface area contributed by atoms with Crippen LogP contribution < -0.4 is 10.7 Å². The van der Waals surface area contributed by atoms with Gasteiger partial charge in [-0.15, -0.1) is 0 Å². The minimum absolute atomic E-state index is 0.132. The number of nitrogens with zero attached hydrogens (tertiary/aromatic N) is 2. The number of carboxylic acid groups (broad SMARTS) is 1. The van der Waals surface area contributed by atoms with Gasteiger partial charge in [0, 0.05) is 21.5 Å². The van der Waals surface area contributed by atoms with Crippen molar-refractivity contribution in [1.82, 2.24) is 9.38 Å². The number of rotatable bonds is 1. The summed E-state index contributed by atoms with van der Waals surface area (Å²) in [5, 5.41) is 14.1. The van der Waals surface area contributed by atoms with Gasteiger partial charge in [0.05, 0.1) is 28.2 Å². The molecule has 0 aliphatic carbocycles. The van der Waals surface area contributed by atoms with Crippen molar-refractivity contribution in [2.24, 2.45) is 0 Å². The van der Waals surface area contributed by atoms with Crippen LogP contribution in [0.25, 0.3) is 38.1 Å². The molecule has 0 unspecified atom stereocenters. The number of aromatic nitrogens is 2. The van der Waals surface area contributed by atoms with E-state index in [9.17, 15) is 14.7 Å². The van der Waals surface area contributed by atoms with Gasteiger partial charge < -0.3 is 9.90 Å². The number of benzene rings is 2. The molecule has 5 rings (SSSR count). The number of aromatic carboxylic acids is 1. The SMILES string of the molecule is O=C([O-])c1cc2c3ccccc3n3c(=O)c4ccccc4c(n1)c23. The van der Waals surface area contributed by atoms with Gasteiger partial charge in [-0.05, 0) is 18.2 Å². The Morgan fingerprint density at radius 1 is 0.917 bits per heavy atom. The fraction of sp³-hybridized carbons (Fsp3) is 0. The zero-order chi connectivity index (χ0) is 16.4. The van der Waals surface area contributed by atoms with Crippen molar-refractivity contribution < 1.29 is 9.90 Å². The van der Waals surface area contributed by atoms with Gasteiger partial charge in [0.25, 0.3) is 5.56 Å².